The van der Waals surface area contributed by atoms with Crippen molar-refractivity contribution in [3.63, 3.8) is 0 Å². The number of aliphatic hydroxyl groups is 1. The second-order valence-electron chi connectivity index (χ2n) is 8.82. The first-order chi connectivity index (χ1) is 13.9. The highest BCUT2D eigenvalue weighted by Crippen LogP contribution is 2.38. The number of benzene rings is 3. The standard InChI is InChI=1S/C27H33NO/c1-5-24(25(29)26(2,3)4)28-27(21-15-9-6-10-16-21,22-17-11-7-12-18-22)23-19-13-8-14-20-23/h6-20,24-25,28-29H,5H2,1-4H3. The van der Waals surface area contributed by atoms with Gasteiger partial charge in [-0.05, 0) is 28.5 Å². The molecule has 3 aromatic carbocycles. The second kappa shape index (κ2) is 8.94. The van der Waals surface area contributed by atoms with E-state index in [0.717, 1.165) is 23.1 Å². The molecule has 0 radical (unpaired) electrons. The molecule has 0 aliphatic heterocycles. The van der Waals surface area contributed by atoms with E-state index < -0.39 is 11.6 Å². The predicted molar refractivity (Wildman–Crippen MR) is 122 cm³/mol. The average molecular weight is 388 g/mol. The summed E-state index contributed by atoms with van der Waals surface area (Å²) in [5.74, 6) is 0. The maximum absolute atomic E-state index is 11.2. The Labute approximate surface area is 175 Å². The van der Waals surface area contributed by atoms with Gasteiger partial charge in [0.25, 0.3) is 0 Å². The first-order valence-electron chi connectivity index (χ1n) is 10.5. The highest BCUT2D eigenvalue weighted by atomic mass is 16.3. The van der Waals surface area contributed by atoms with E-state index >= 15 is 0 Å². The molecule has 0 bridgehead atoms. The molecule has 0 amide bonds. The number of nitrogens with one attached hydrogen (secondary N) is 1. The van der Waals surface area contributed by atoms with E-state index in [1.165, 1.54) is 0 Å². The molecule has 2 N–H and O–H groups in total. The summed E-state index contributed by atoms with van der Waals surface area (Å²) in [6, 6.07) is 31.6. The highest BCUT2D eigenvalue weighted by Gasteiger charge is 2.41. The normalized spacial score (nSPS) is 14.4. The van der Waals surface area contributed by atoms with Crippen molar-refractivity contribution in [2.45, 2.75) is 51.8 Å². The van der Waals surface area contributed by atoms with Crippen LogP contribution in [0.15, 0.2) is 91.0 Å². The van der Waals surface area contributed by atoms with E-state index in [4.69, 9.17) is 0 Å². The zero-order valence-corrected chi connectivity index (χ0v) is 18.0. The van der Waals surface area contributed by atoms with Gasteiger partial charge in [0.05, 0.1) is 11.6 Å². The summed E-state index contributed by atoms with van der Waals surface area (Å²) in [6.45, 7) is 8.42. The van der Waals surface area contributed by atoms with Gasteiger partial charge in [0.15, 0.2) is 0 Å². The second-order valence-corrected chi connectivity index (χ2v) is 8.82. The van der Waals surface area contributed by atoms with E-state index in [2.05, 4.69) is 106 Å². The van der Waals surface area contributed by atoms with Gasteiger partial charge in [-0.3, -0.25) is 5.32 Å². The molecule has 0 saturated heterocycles. The minimum absolute atomic E-state index is 0.0735. The molecule has 2 unspecified atom stereocenters. The van der Waals surface area contributed by atoms with E-state index in [9.17, 15) is 5.11 Å². The van der Waals surface area contributed by atoms with Crippen molar-refractivity contribution < 1.29 is 5.11 Å². The molecule has 0 aliphatic carbocycles. The van der Waals surface area contributed by atoms with Gasteiger partial charge in [0, 0.05) is 6.04 Å². The zero-order chi connectivity index (χ0) is 20.9. The highest BCUT2D eigenvalue weighted by molar-refractivity contribution is 5.49. The molecule has 152 valence electrons. The van der Waals surface area contributed by atoms with Crippen LogP contribution in [-0.4, -0.2) is 17.3 Å². The van der Waals surface area contributed by atoms with Gasteiger partial charge in [-0.1, -0.05) is 119 Å². The van der Waals surface area contributed by atoms with Crippen molar-refractivity contribution in [3.8, 4) is 0 Å². The first kappa shape index (κ1) is 21.3. The lowest BCUT2D eigenvalue weighted by Gasteiger charge is -2.43. The Morgan fingerprint density at radius 1 is 0.690 bits per heavy atom. The topological polar surface area (TPSA) is 32.3 Å². The molecule has 0 spiro atoms. The Bertz CT molecular complexity index is 772. The molecule has 0 aliphatic rings. The molecule has 0 saturated carbocycles. The Hall–Kier alpha value is -2.42. The van der Waals surface area contributed by atoms with E-state index in [0.29, 0.717) is 0 Å². The monoisotopic (exact) mass is 387 g/mol. The fourth-order valence-electron chi connectivity index (χ4n) is 4.10. The van der Waals surface area contributed by atoms with Gasteiger partial charge in [-0.15, -0.1) is 0 Å². The van der Waals surface area contributed by atoms with Crippen LogP contribution in [0.5, 0.6) is 0 Å². The van der Waals surface area contributed by atoms with Crippen molar-refractivity contribution >= 4 is 0 Å². The Morgan fingerprint density at radius 2 is 1.03 bits per heavy atom. The molecule has 0 heterocycles. The summed E-state index contributed by atoms with van der Waals surface area (Å²) in [5, 5.41) is 15.1. The van der Waals surface area contributed by atoms with Gasteiger partial charge >= 0.3 is 0 Å². The molecular weight excluding hydrogens is 354 g/mol. The molecule has 2 nitrogen and oxygen atoms in total. The lowest BCUT2D eigenvalue weighted by Crippen LogP contribution is -2.56. The summed E-state index contributed by atoms with van der Waals surface area (Å²) in [4.78, 5) is 0. The molecule has 0 fully saturated rings. The third-order valence-corrected chi connectivity index (χ3v) is 5.73. The molecule has 29 heavy (non-hydrogen) atoms. The number of hydrogen-bond acceptors (Lipinski definition) is 2. The van der Waals surface area contributed by atoms with Crippen LogP contribution >= 0.6 is 0 Å². The summed E-state index contributed by atoms with van der Waals surface area (Å²) in [5.41, 5.74) is 2.71. The SMILES string of the molecule is CCC(NC(c1ccccc1)(c1ccccc1)c1ccccc1)C(O)C(C)(C)C. The smallest absolute Gasteiger partial charge is 0.0950 e. The lowest BCUT2D eigenvalue weighted by molar-refractivity contribution is 0.0211. The van der Waals surface area contributed by atoms with Crippen LogP contribution in [0, 0.1) is 5.41 Å². The van der Waals surface area contributed by atoms with Crippen LogP contribution in [-0.2, 0) is 5.54 Å². The van der Waals surface area contributed by atoms with Gasteiger partial charge in [-0.2, -0.15) is 0 Å². The van der Waals surface area contributed by atoms with E-state index in [1.54, 1.807) is 0 Å². The Kier molecular flexibility index (Phi) is 6.56. The van der Waals surface area contributed by atoms with Crippen LogP contribution in [0.3, 0.4) is 0 Å². The van der Waals surface area contributed by atoms with Gasteiger partial charge in [0.2, 0.25) is 0 Å². The van der Waals surface area contributed by atoms with Crippen molar-refractivity contribution in [2.75, 3.05) is 0 Å². The minimum Gasteiger partial charge on any atom is -0.391 e. The summed E-state index contributed by atoms with van der Waals surface area (Å²) < 4.78 is 0. The van der Waals surface area contributed by atoms with Crippen LogP contribution < -0.4 is 5.32 Å². The Balaban J connectivity index is 2.25. The molecule has 2 atom stereocenters. The largest absolute Gasteiger partial charge is 0.391 e. The quantitative estimate of drug-likeness (QED) is 0.506. The molecule has 2 heteroatoms. The summed E-state index contributed by atoms with van der Waals surface area (Å²) in [6.07, 6.45) is 0.343. The maximum Gasteiger partial charge on any atom is 0.0950 e. The number of rotatable bonds is 7. The van der Waals surface area contributed by atoms with Crippen LogP contribution in [0.4, 0.5) is 0 Å². The summed E-state index contributed by atoms with van der Waals surface area (Å²) >= 11 is 0. The van der Waals surface area contributed by atoms with Crippen molar-refractivity contribution in [1.29, 1.82) is 0 Å². The molecular formula is C27H33NO. The van der Waals surface area contributed by atoms with Crippen LogP contribution in [0.25, 0.3) is 0 Å². The van der Waals surface area contributed by atoms with Crippen LogP contribution in [0.1, 0.15) is 50.8 Å². The fraction of sp³-hybridized carbons (Fsp3) is 0.333. The van der Waals surface area contributed by atoms with Gasteiger partial charge < -0.3 is 5.11 Å². The molecule has 3 rings (SSSR count). The minimum atomic E-state index is -0.559. The predicted octanol–water partition coefficient (Wildman–Crippen LogP) is 5.75. The zero-order valence-electron chi connectivity index (χ0n) is 18.0. The van der Waals surface area contributed by atoms with Gasteiger partial charge in [-0.25, -0.2) is 0 Å². The fourth-order valence-corrected chi connectivity index (χ4v) is 4.10. The van der Waals surface area contributed by atoms with E-state index in [-0.39, 0.29) is 11.5 Å². The van der Waals surface area contributed by atoms with Crippen molar-refractivity contribution in [3.05, 3.63) is 108 Å². The number of aliphatic hydroxyl groups excluding tert-OH is 1. The van der Waals surface area contributed by atoms with Crippen molar-refractivity contribution in [2.24, 2.45) is 5.41 Å². The Morgan fingerprint density at radius 3 is 1.31 bits per heavy atom. The number of hydrogen-bond donors (Lipinski definition) is 2. The molecule has 3 aromatic rings. The summed E-state index contributed by atoms with van der Waals surface area (Å²) in [7, 11) is 0. The van der Waals surface area contributed by atoms with Crippen molar-refractivity contribution in [1.82, 2.24) is 5.32 Å². The third-order valence-electron chi connectivity index (χ3n) is 5.73. The average Bonchev–Trinajstić information content (AvgIpc) is 2.76. The lowest BCUT2D eigenvalue weighted by atomic mass is 9.74. The van der Waals surface area contributed by atoms with Crippen LogP contribution in [0.2, 0.25) is 0 Å². The van der Waals surface area contributed by atoms with Gasteiger partial charge in [0.1, 0.15) is 0 Å². The first-order valence-corrected chi connectivity index (χ1v) is 10.5. The maximum atomic E-state index is 11.2. The van der Waals surface area contributed by atoms with E-state index in [1.807, 2.05) is 18.2 Å². The third kappa shape index (κ3) is 4.44. The molecule has 0 aromatic heterocycles.